The van der Waals surface area contributed by atoms with Gasteiger partial charge in [-0.25, -0.2) is 0 Å². The minimum absolute atomic E-state index is 0.104. The Labute approximate surface area is 89.7 Å². The molecule has 0 unspecified atom stereocenters. The molecular weight excluding hydrogens is 198 g/mol. The Hall–Kier alpha value is -0.570. The van der Waals surface area contributed by atoms with Crippen molar-refractivity contribution in [1.29, 1.82) is 0 Å². The van der Waals surface area contributed by atoms with Crippen LogP contribution in [0.25, 0.3) is 0 Å². The predicted octanol–water partition coefficient (Wildman–Crippen LogP) is 2.29. The molecule has 0 radical (unpaired) electrons. The lowest BCUT2D eigenvalue weighted by molar-refractivity contribution is 0.235. The second kappa shape index (κ2) is 4.78. The molecule has 0 bridgehead atoms. The van der Waals surface area contributed by atoms with Crippen LogP contribution >= 0.6 is 11.6 Å². The zero-order chi connectivity index (χ0) is 10.6. The summed E-state index contributed by atoms with van der Waals surface area (Å²) in [5.41, 5.74) is 6.77. The van der Waals surface area contributed by atoms with Gasteiger partial charge in [-0.05, 0) is 30.5 Å². The van der Waals surface area contributed by atoms with Crippen molar-refractivity contribution in [3.8, 4) is 0 Å². The van der Waals surface area contributed by atoms with E-state index in [4.69, 9.17) is 22.4 Å². The smallest absolute Gasteiger partial charge is 0.0451 e. The SMILES string of the molecule is CC[C@](N)(CCO)c1ccc(Cl)cc1. The number of halogens is 1. The summed E-state index contributed by atoms with van der Waals surface area (Å²) < 4.78 is 0. The zero-order valence-corrected chi connectivity index (χ0v) is 9.09. The maximum Gasteiger partial charge on any atom is 0.0451 e. The van der Waals surface area contributed by atoms with Crippen LogP contribution in [0.3, 0.4) is 0 Å². The van der Waals surface area contributed by atoms with Gasteiger partial charge >= 0.3 is 0 Å². The van der Waals surface area contributed by atoms with Gasteiger partial charge in [-0.15, -0.1) is 0 Å². The summed E-state index contributed by atoms with van der Waals surface area (Å²) in [7, 11) is 0. The van der Waals surface area contributed by atoms with Crippen molar-refractivity contribution in [1.82, 2.24) is 0 Å². The molecule has 0 aliphatic rings. The average molecular weight is 214 g/mol. The maximum atomic E-state index is 8.94. The predicted molar refractivity (Wildman–Crippen MR) is 59.3 cm³/mol. The molecule has 0 saturated carbocycles. The van der Waals surface area contributed by atoms with E-state index in [-0.39, 0.29) is 6.61 Å². The highest BCUT2D eigenvalue weighted by Gasteiger charge is 2.24. The van der Waals surface area contributed by atoms with Crippen LogP contribution in [0, 0.1) is 0 Å². The van der Waals surface area contributed by atoms with Crippen LogP contribution in [0.15, 0.2) is 24.3 Å². The van der Waals surface area contributed by atoms with E-state index in [0.29, 0.717) is 11.4 Å². The molecule has 0 spiro atoms. The van der Waals surface area contributed by atoms with Gasteiger partial charge in [0, 0.05) is 17.2 Å². The third-order valence-corrected chi connectivity index (χ3v) is 2.86. The van der Waals surface area contributed by atoms with Crippen molar-refractivity contribution in [2.24, 2.45) is 5.73 Å². The fourth-order valence-corrected chi connectivity index (χ4v) is 1.63. The molecule has 0 amide bonds. The average Bonchev–Trinajstić information content (AvgIpc) is 2.19. The fourth-order valence-electron chi connectivity index (χ4n) is 1.51. The topological polar surface area (TPSA) is 46.2 Å². The number of aliphatic hydroxyl groups excluding tert-OH is 1. The van der Waals surface area contributed by atoms with E-state index in [1.807, 2.05) is 31.2 Å². The van der Waals surface area contributed by atoms with Crippen molar-refractivity contribution >= 4 is 11.6 Å². The van der Waals surface area contributed by atoms with Gasteiger partial charge in [0.25, 0.3) is 0 Å². The first kappa shape index (κ1) is 11.5. The maximum absolute atomic E-state index is 8.94. The summed E-state index contributed by atoms with van der Waals surface area (Å²) in [5.74, 6) is 0. The number of nitrogens with two attached hydrogens (primary N) is 1. The van der Waals surface area contributed by atoms with Gasteiger partial charge in [-0.1, -0.05) is 30.7 Å². The Bertz CT molecular complexity index is 286. The second-order valence-corrected chi connectivity index (χ2v) is 3.93. The third-order valence-electron chi connectivity index (χ3n) is 2.61. The second-order valence-electron chi connectivity index (χ2n) is 3.49. The highest BCUT2D eigenvalue weighted by atomic mass is 35.5. The summed E-state index contributed by atoms with van der Waals surface area (Å²) in [6.45, 7) is 2.12. The van der Waals surface area contributed by atoms with Crippen molar-refractivity contribution in [2.75, 3.05) is 6.61 Å². The van der Waals surface area contributed by atoms with Gasteiger partial charge in [-0.3, -0.25) is 0 Å². The number of hydrogen-bond acceptors (Lipinski definition) is 2. The van der Waals surface area contributed by atoms with E-state index in [9.17, 15) is 0 Å². The molecule has 0 aromatic heterocycles. The molecule has 1 aromatic rings. The van der Waals surface area contributed by atoms with Crippen molar-refractivity contribution in [3.63, 3.8) is 0 Å². The van der Waals surface area contributed by atoms with E-state index in [1.54, 1.807) is 0 Å². The molecule has 1 atom stereocenters. The standard InChI is InChI=1S/C11H16ClNO/c1-2-11(13,7-8-14)9-3-5-10(12)6-4-9/h3-6,14H,2,7-8,13H2,1H3/t11-/m0/s1. The van der Waals surface area contributed by atoms with Gasteiger partial charge in [0.05, 0.1) is 0 Å². The van der Waals surface area contributed by atoms with Gasteiger partial charge in [-0.2, -0.15) is 0 Å². The lowest BCUT2D eigenvalue weighted by Crippen LogP contribution is -2.36. The van der Waals surface area contributed by atoms with E-state index < -0.39 is 5.54 Å². The number of rotatable bonds is 4. The van der Waals surface area contributed by atoms with Crippen LogP contribution in [0.4, 0.5) is 0 Å². The summed E-state index contributed by atoms with van der Waals surface area (Å²) in [6, 6.07) is 7.49. The van der Waals surface area contributed by atoms with Crippen molar-refractivity contribution < 1.29 is 5.11 Å². The van der Waals surface area contributed by atoms with Crippen LogP contribution in [-0.4, -0.2) is 11.7 Å². The Morgan fingerprint density at radius 1 is 1.36 bits per heavy atom. The minimum atomic E-state index is -0.431. The normalized spacial score (nSPS) is 15.1. The van der Waals surface area contributed by atoms with Crippen molar-refractivity contribution in [3.05, 3.63) is 34.9 Å². The molecule has 78 valence electrons. The Kier molecular flexibility index (Phi) is 3.93. The van der Waals surface area contributed by atoms with Crippen LogP contribution in [-0.2, 0) is 5.54 Å². The highest BCUT2D eigenvalue weighted by Crippen LogP contribution is 2.26. The minimum Gasteiger partial charge on any atom is -0.396 e. The van der Waals surface area contributed by atoms with Crippen LogP contribution in [0.2, 0.25) is 5.02 Å². The Morgan fingerprint density at radius 2 is 1.93 bits per heavy atom. The Balaban J connectivity index is 2.94. The molecule has 0 heterocycles. The van der Waals surface area contributed by atoms with Crippen LogP contribution < -0.4 is 5.73 Å². The summed E-state index contributed by atoms with van der Waals surface area (Å²) >= 11 is 5.79. The molecule has 3 N–H and O–H groups in total. The third kappa shape index (κ3) is 2.47. The van der Waals surface area contributed by atoms with Gasteiger partial charge in [0.2, 0.25) is 0 Å². The number of aliphatic hydroxyl groups is 1. The van der Waals surface area contributed by atoms with E-state index in [1.165, 1.54) is 0 Å². The number of benzene rings is 1. The van der Waals surface area contributed by atoms with Crippen molar-refractivity contribution in [2.45, 2.75) is 25.3 Å². The Morgan fingerprint density at radius 3 is 2.36 bits per heavy atom. The molecule has 0 saturated heterocycles. The molecule has 0 aliphatic heterocycles. The zero-order valence-electron chi connectivity index (χ0n) is 8.33. The molecule has 3 heteroatoms. The van der Waals surface area contributed by atoms with Crippen LogP contribution in [0.1, 0.15) is 25.3 Å². The first-order valence-electron chi connectivity index (χ1n) is 4.78. The van der Waals surface area contributed by atoms with Gasteiger partial charge in [0.1, 0.15) is 0 Å². The summed E-state index contributed by atoms with van der Waals surface area (Å²) in [6.07, 6.45) is 1.38. The monoisotopic (exact) mass is 213 g/mol. The van der Waals surface area contributed by atoms with Gasteiger partial charge < -0.3 is 10.8 Å². The highest BCUT2D eigenvalue weighted by molar-refractivity contribution is 6.30. The molecule has 0 fully saturated rings. The lowest BCUT2D eigenvalue weighted by Gasteiger charge is -2.28. The number of hydrogen-bond donors (Lipinski definition) is 2. The molecule has 14 heavy (non-hydrogen) atoms. The summed E-state index contributed by atoms with van der Waals surface area (Å²) in [5, 5.41) is 9.65. The first-order chi connectivity index (χ1) is 6.62. The molecule has 1 rings (SSSR count). The van der Waals surface area contributed by atoms with Crippen LogP contribution in [0.5, 0.6) is 0 Å². The quantitative estimate of drug-likeness (QED) is 0.806. The van der Waals surface area contributed by atoms with Gasteiger partial charge in [0.15, 0.2) is 0 Å². The largest absolute Gasteiger partial charge is 0.396 e. The van der Waals surface area contributed by atoms with E-state index in [0.717, 1.165) is 12.0 Å². The summed E-state index contributed by atoms with van der Waals surface area (Å²) in [4.78, 5) is 0. The molecule has 2 nitrogen and oxygen atoms in total. The molecular formula is C11H16ClNO. The molecule has 1 aromatic carbocycles. The molecule has 0 aliphatic carbocycles. The van der Waals surface area contributed by atoms with E-state index in [2.05, 4.69) is 0 Å². The van der Waals surface area contributed by atoms with E-state index >= 15 is 0 Å². The first-order valence-corrected chi connectivity index (χ1v) is 5.16. The lowest BCUT2D eigenvalue weighted by atomic mass is 9.85. The fraction of sp³-hybridized carbons (Fsp3) is 0.455.